The molecule has 0 aromatic heterocycles. The highest BCUT2D eigenvalue weighted by Gasteiger charge is 2.21. The lowest BCUT2D eigenvalue weighted by molar-refractivity contribution is -0.116. The maximum Gasteiger partial charge on any atom is 0.224 e. The predicted octanol–water partition coefficient (Wildman–Crippen LogP) is 3.47. The third-order valence-corrected chi connectivity index (χ3v) is 4.30. The van der Waals surface area contributed by atoms with E-state index in [9.17, 15) is 4.79 Å². The standard InChI is InChI=1S/C17H26ClN3O/c1-4-20-8-10-21(11-9-20)17-14(18)6-5-7-15(17)19-16(22)12-13(2)3/h5-7,13H,4,8-12H2,1-3H3,(H,19,22). The van der Waals surface area contributed by atoms with E-state index in [4.69, 9.17) is 11.6 Å². The molecule has 0 aliphatic carbocycles. The second kappa shape index (κ2) is 7.84. The SMILES string of the molecule is CCN1CCN(c2c(Cl)cccc2NC(=O)CC(C)C)CC1. The van der Waals surface area contributed by atoms with E-state index in [0.717, 1.165) is 44.1 Å². The van der Waals surface area contributed by atoms with Crippen LogP contribution in [0.25, 0.3) is 0 Å². The fraction of sp³-hybridized carbons (Fsp3) is 0.588. The zero-order valence-corrected chi connectivity index (χ0v) is 14.5. The summed E-state index contributed by atoms with van der Waals surface area (Å²) in [6.45, 7) is 11.3. The van der Waals surface area contributed by atoms with E-state index in [1.54, 1.807) is 0 Å². The number of hydrogen-bond donors (Lipinski definition) is 1. The highest BCUT2D eigenvalue weighted by atomic mass is 35.5. The molecule has 1 aromatic rings. The molecule has 0 bridgehead atoms. The summed E-state index contributed by atoms with van der Waals surface area (Å²) < 4.78 is 0. The monoisotopic (exact) mass is 323 g/mol. The van der Waals surface area contributed by atoms with E-state index in [-0.39, 0.29) is 5.91 Å². The van der Waals surface area contributed by atoms with Gasteiger partial charge in [-0.3, -0.25) is 4.79 Å². The molecule has 22 heavy (non-hydrogen) atoms. The van der Waals surface area contributed by atoms with Crippen LogP contribution in [0.1, 0.15) is 27.2 Å². The molecular weight excluding hydrogens is 298 g/mol. The predicted molar refractivity (Wildman–Crippen MR) is 93.9 cm³/mol. The molecule has 0 radical (unpaired) electrons. The van der Waals surface area contributed by atoms with Gasteiger partial charge in [0.2, 0.25) is 5.91 Å². The number of hydrogen-bond acceptors (Lipinski definition) is 3. The van der Waals surface area contributed by atoms with E-state index >= 15 is 0 Å². The number of rotatable bonds is 5. The first-order valence-corrected chi connectivity index (χ1v) is 8.44. The van der Waals surface area contributed by atoms with E-state index < -0.39 is 0 Å². The lowest BCUT2D eigenvalue weighted by Gasteiger charge is -2.36. The van der Waals surface area contributed by atoms with E-state index in [1.165, 1.54) is 0 Å². The van der Waals surface area contributed by atoms with E-state index in [2.05, 4.69) is 22.0 Å². The van der Waals surface area contributed by atoms with Crippen molar-refractivity contribution in [2.75, 3.05) is 42.9 Å². The Kier molecular flexibility index (Phi) is 6.09. The van der Waals surface area contributed by atoms with Crippen LogP contribution in [0.5, 0.6) is 0 Å². The van der Waals surface area contributed by atoms with Crippen LogP contribution >= 0.6 is 11.6 Å². The molecule has 1 saturated heterocycles. The molecular formula is C17H26ClN3O. The topological polar surface area (TPSA) is 35.6 Å². The number of amides is 1. The Hall–Kier alpha value is -1.26. The van der Waals surface area contributed by atoms with Gasteiger partial charge in [0, 0.05) is 32.6 Å². The zero-order chi connectivity index (χ0) is 16.1. The van der Waals surface area contributed by atoms with Gasteiger partial charge in [-0.2, -0.15) is 0 Å². The molecule has 0 unspecified atom stereocenters. The molecule has 1 heterocycles. The minimum absolute atomic E-state index is 0.0470. The van der Waals surface area contributed by atoms with E-state index in [0.29, 0.717) is 17.4 Å². The number of piperazine rings is 1. The molecule has 2 rings (SSSR count). The third-order valence-electron chi connectivity index (χ3n) is 3.99. The summed E-state index contributed by atoms with van der Waals surface area (Å²) in [5, 5.41) is 3.73. The highest BCUT2D eigenvalue weighted by Crippen LogP contribution is 2.34. The van der Waals surface area contributed by atoms with Crippen LogP contribution in [0, 0.1) is 5.92 Å². The fourth-order valence-electron chi connectivity index (χ4n) is 2.80. The molecule has 1 aliphatic heterocycles. The van der Waals surface area contributed by atoms with Crippen molar-refractivity contribution in [2.45, 2.75) is 27.2 Å². The quantitative estimate of drug-likeness (QED) is 0.901. The lowest BCUT2D eigenvalue weighted by Crippen LogP contribution is -2.46. The first-order valence-electron chi connectivity index (χ1n) is 8.07. The number of carbonyl (C=O) groups excluding carboxylic acids is 1. The highest BCUT2D eigenvalue weighted by molar-refractivity contribution is 6.34. The summed E-state index contributed by atoms with van der Waals surface area (Å²) in [5.41, 5.74) is 1.78. The molecule has 122 valence electrons. The lowest BCUT2D eigenvalue weighted by atomic mass is 10.1. The Labute approximate surface area is 138 Å². The van der Waals surface area contributed by atoms with Crippen molar-refractivity contribution in [3.63, 3.8) is 0 Å². The van der Waals surface area contributed by atoms with Gasteiger partial charge < -0.3 is 15.1 Å². The average molecular weight is 324 g/mol. The van der Waals surface area contributed by atoms with Gasteiger partial charge in [-0.05, 0) is 24.6 Å². The molecule has 0 saturated carbocycles. The van der Waals surface area contributed by atoms with Crippen LogP contribution in [-0.4, -0.2) is 43.5 Å². The maximum atomic E-state index is 12.1. The van der Waals surface area contributed by atoms with Gasteiger partial charge in [-0.1, -0.05) is 38.4 Å². The minimum Gasteiger partial charge on any atom is -0.366 e. The van der Waals surface area contributed by atoms with Crippen molar-refractivity contribution in [1.29, 1.82) is 0 Å². The Bertz CT molecular complexity index is 511. The summed E-state index contributed by atoms with van der Waals surface area (Å²) in [6, 6.07) is 5.71. The first kappa shape index (κ1) is 17.1. The molecule has 0 spiro atoms. The van der Waals surface area contributed by atoms with Crippen LogP contribution in [0.4, 0.5) is 11.4 Å². The van der Waals surface area contributed by atoms with Crippen molar-refractivity contribution in [3.8, 4) is 0 Å². The van der Waals surface area contributed by atoms with Crippen molar-refractivity contribution >= 4 is 28.9 Å². The zero-order valence-electron chi connectivity index (χ0n) is 13.7. The first-order chi connectivity index (χ1) is 10.5. The summed E-state index contributed by atoms with van der Waals surface area (Å²) in [5.74, 6) is 0.390. The molecule has 0 atom stereocenters. The van der Waals surface area contributed by atoms with Crippen molar-refractivity contribution in [3.05, 3.63) is 23.2 Å². The molecule has 1 aliphatic rings. The minimum atomic E-state index is 0.0470. The van der Waals surface area contributed by atoms with Gasteiger partial charge in [0.25, 0.3) is 0 Å². The molecule has 5 heteroatoms. The van der Waals surface area contributed by atoms with Gasteiger partial charge in [-0.25, -0.2) is 0 Å². The largest absolute Gasteiger partial charge is 0.366 e. The number of likely N-dealkylation sites (N-methyl/N-ethyl adjacent to an activating group) is 1. The number of para-hydroxylation sites is 1. The Balaban J connectivity index is 2.15. The molecule has 1 fully saturated rings. The van der Waals surface area contributed by atoms with Gasteiger partial charge >= 0.3 is 0 Å². The van der Waals surface area contributed by atoms with Crippen LogP contribution in [-0.2, 0) is 4.79 Å². The second-order valence-electron chi connectivity index (χ2n) is 6.20. The van der Waals surface area contributed by atoms with Crippen LogP contribution in [0.2, 0.25) is 5.02 Å². The number of nitrogens with one attached hydrogen (secondary N) is 1. The van der Waals surface area contributed by atoms with Crippen molar-refractivity contribution < 1.29 is 4.79 Å². The number of halogens is 1. The van der Waals surface area contributed by atoms with Crippen molar-refractivity contribution in [2.24, 2.45) is 5.92 Å². The number of carbonyl (C=O) groups is 1. The second-order valence-corrected chi connectivity index (χ2v) is 6.61. The number of anilines is 2. The normalized spacial score (nSPS) is 16.1. The number of nitrogens with zero attached hydrogens (tertiary/aromatic N) is 2. The van der Waals surface area contributed by atoms with Crippen molar-refractivity contribution in [1.82, 2.24) is 4.90 Å². The summed E-state index contributed by atoms with van der Waals surface area (Å²) in [4.78, 5) is 16.8. The third kappa shape index (κ3) is 4.37. The Morgan fingerprint density at radius 1 is 1.27 bits per heavy atom. The van der Waals surface area contributed by atoms with Gasteiger partial charge in [0.05, 0.1) is 16.4 Å². The van der Waals surface area contributed by atoms with Gasteiger partial charge in [0.1, 0.15) is 0 Å². The summed E-state index contributed by atoms with van der Waals surface area (Å²) in [7, 11) is 0. The molecule has 1 amide bonds. The van der Waals surface area contributed by atoms with Crippen LogP contribution < -0.4 is 10.2 Å². The average Bonchev–Trinajstić information content (AvgIpc) is 2.47. The van der Waals surface area contributed by atoms with E-state index in [1.807, 2.05) is 32.0 Å². The molecule has 4 nitrogen and oxygen atoms in total. The number of benzene rings is 1. The van der Waals surface area contributed by atoms with Crippen LogP contribution in [0.3, 0.4) is 0 Å². The maximum absolute atomic E-state index is 12.1. The molecule has 1 aromatic carbocycles. The van der Waals surface area contributed by atoms with Crippen LogP contribution in [0.15, 0.2) is 18.2 Å². The fourth-order valence-corrected chi connectivity index (χ4v) is 3.09. The Morgan fingerprint density at radius 3 is 2.55 bits per heavy atom. The molecule has 1 N–H and O–H groups in total. The van der Waals surface area contributed by atoms with Gasteiger partial charge in [0.15, 0.2) is 0 Å². The summed E-state index contributed by atoms with van der Waals surface area (Å²) >= 11 is 6.42. The van der Waals surface area contributed by atoms with Gasteiger partial charge in [-0.15, -0.1) is 0 Å². The smallest absolute Gasteiger partial charge is 0.224 e. The summed E-state index contributed by atoms with van der Waals surface area (Å²) in [6.07, 6.45) is 0.523. The Morgan fingerprint density at radius 2 is 1.95 bits per heavy atom.